The zero-order valence-electron chi connectivity index (χ0n) is 8.88. The van der Waals surface area contributed by atoms with Gasteiger partial charge < -0.3 is 14.0 Å². The van der Waals surface area contributed by atoms with Crippen molar-refractivity contribution in [2.45, 2.75) is 32.1 Å². The van der Waals surface area contributed by atoms with Crippen LogP contribution >= 0.6 is 0 Å². The molecule has 1 saturated carbocycles. The summed E-state index contributed by atoms with van der Waals surface area (Å²) in [7, 11) is -4.54. The monoisotopic (exact) mass is 251 g/mol. The summed E-state index contributed by atoms with van der Waals surface area (Å²) in [6.45, 7) is 0.234. The van der Waals surface area contributed by atoms with Crippen molar-refractivity contribution in [3.63, 3.8) is 0 Å². The topological polar surface area (TPSA) is 92.7 Å². The average Bonchev–Trinajstić information content (AvgIpc) is 2.24. The maximum atomic E-state index is 10.9. The normalized spacial score (nSPS) is 18.1. The van der Waals surface area contributed by atoms with Gasteiger partial charge >= 0.3 is 6.16 Å². The van der Waals surface area contributed by atoms with Crippen LogP contribution in [-0.2, 0) is 19.6 Å². The fourth-order valence-electron chi connectivity index (χ4n) is 1.70. The first-order chi connectivity index (χ1) is 7.47. The molecule has 1 aliphatic rings. The Labute approximate surface area is 94.7 Å². The highest BCUT2D eigenvalue weighted by Gasteiger charge is 2.16. The van der Waals surface area contributed by atoms with Gasteiger partial charge in [0.1, 0.15) is 10.1 Å². The summed E-state index contributed by atoms with van der Waals surface area (Å²) in [5.41, 5.74) is 0. The van der Waals surface area contributed by atoms with Crippen LogP contribution in [0, 0.1) is 5.92 Å². The highest BCUT2D eigenvalue weighted by atomic mass is 32.2. The molecule has 0 radical (unpaired) electrons. The molecule has 0 aliphatic heterocycles. The van der Waals surface area contributed by atoms with Crippen LogP contribution in [0.3, 0.4) is 0 Å². The predicted molar refractivity (Wildman–Crippen MR) is 53.6 cm³/mol. The van der Waals surface area contributed by atoms with Crippen LogP contribution in [0.25, 0.3) is 0 Å². The summed E-state index contributed by atoms with van der Waals surface area (Å²) in [6.07, 6.45) is 4.37. The Hall–Kier alpha value is -0.820. The van der Waals surface area contributed by atoms with E-state index >= 15 is 0 Å². The Morgan fingerprint density at radius 2 is 1.81 bits per heavy atom. The van der Waals surface area contributed by atoms with Gasteiger partial charge in [0, 0.05) is 0 Å². The van der Waals surface area contributed by atoms with E-state index in [4.69, 9.17) is 4.74 Å². The SMILES string of the molecule is O=C(OCC1CCCCC1)OCS(=O)(=O)[O-]. The Morgan fingerprint density at radius 1 is 1.19 bits per heavy atom. The number of carbonyl (C=O) groups excluding carboxylic acids is 1. The van der Waals surface area contributed by atoms with E-state index in [0.717, 1.165) is 25.7 Å². The highest BCUT2D eigenvalue weighted by molar-refractivity contribution is 7.85. The summed E-state index contributed by atoms with van der Waals surface area (Å²) in [5, 5.41) is 0. The van der Waals surface area contributed by atoms with Crippen LogP contribution in [0.15, 0.2) is 0 Å². The highest BCUT2D eigenvalue weighted by Crippen LogP contribution is 2.23. The van der Waals surface area contributed by atoms with Gasteiger partial charge in [-0.05, 0) is 18.8 Å². The standard InChI is InChI=1S/C9H16O6S/c10-9(15-7-16(11,12)13)14-6-8-4-2-1-3-5-8/h8H,1-7H2,(H,11,12,13)/p-1. The molecule has 7 heteroatoms. The van der Waals surface area contributed by atoms with E-state index < -0.39 is 22.2 Å². The molecule has 0 N–H and O–H groups in total. The van der Waals surface area contributed by atoms with E-state index in [1.807, 2.05) is 0 Å². The number of rotatable bonds is 4. The molecule has 0 bridgehead atoms. The molecule has 94 valence electrons. The lowest BCUT2D eigenvalue weighted by atomic mass is 9.90. The largest absolute Gasteiger partial charge is 0.745 e. The number of carbonyl (C=O) groups is 1. The molecular formula is C9H15O6S-. The van der Waals surface area contributed by atoms with Crippen LogP contribution in [0.2, 0.25) is 0 Å². The van der Waals surface area contributed by atoms with Crippen molar-refractivity contribution in [3.05, 3.63) is 0 Å². The third-order valence-corrected chi connectivity index (χ3v) is 2.89. The molecule has 0 atom stereocenters. The minimum Gasteiger partial charge on any atom is -0.745 e. The Bertz CT molecular complexity index is 317. The zero-order valence-corrected chi connectivity index (χ0v) is 9.70. The van der Waals surface area contributed by atoms with Gasteiger partial charge in [-0.2, -0.15) is 0 Å². The first-order valence-electron chi connectivity index (χ1n) is 5.20. The summed E-state index contributed by atoms with van der Waals surface area (Å²) in [4.78, 5) is 10.9. The molecule has 0 aromatic rings. The van der Waals surface area contributed by atoms with Gasteiger partial charge in [0.05, 0.1) is 6.61 Å². The summed E-state index contributed by atoms with van der Waals surface area (Å²) in [6, 6.07) is 0. The van der Waals surface area contributed by atoms with E-state index in [1.54, 1.807) is 0 Å². The van der Waals surface area contributed by atoms with Crippen molar-refractivity contribution in [1.29, 1.82) is 0 Å². The minimum atomic E-state index is -4.54. The van der Waals surface area contributed by atoms with Crippen molar-refractivity contribution in [2.24, 2.45) is 5.92 Å². The fourth-order valence-corrected chi connectivity index (χ4v) is 1.94. The molecule has 0 amide bonds. The number of hydrogen-bond donors (Lipinski definition) is 0. The maximum absolute atomic E-state index is 10.9. The summed E-state index contributed by atoms with van der Waals surface area (Å²) >= 11 is 0. The lowest BCUT2D eigenvalue weighted by Gasteiger charge is -2.20. The van der Waals surface area contributed by atoms with E-state index in [2.05, 4.69) is 4.74 Å². The van der Waals surface area contributed by atoms with Crippen LogP contribution in [0.5, 0.6) is 0 Å². The van der Waals surface area contributed by atoms with Crippen LogP contribution < -0.4 is 0 Å². The van der Waals surface area contributed by atoms with Crippen LogP contribution in [0.4, 0.5) is 4.79 Å². The van der Waals surface area contributed by atoms with Crippen LogP contribution in [-0.4, -0.2) is 31.7 Å². The average molecular weight is 251 g/mol. The molecule has 0 unspecified atom stereocenters. The zero-order chi connectivity index (χ0) is 12.0. The van der Waals surface area contributed by atoms with Gasteiger partial charge in [0.2, 0.25) is 0 Å². The number of ether oxygens (including phenoxy) is 2. The first kappa shape index (κ1) is 13.2. The lowest BCUT2D eigenvalue weighted by molar-refractivity contribution is 0.0488. The summed E-state index contributed by atoms with van der Waals surface area (Å²) in [5.74, 6) is -0.846. The molecule has 0 aromatic carbocycles. The van der Waals surface area contributed by atoms with Crippen molar-refractivity contribution in [2.75, 3.05) is 12.5 Å². The quantitative estimate of drug-likeness (QED) is 0.551. The molecule has 0 spiro atoms. The summed E-state index contributed by atoms with van der Waals surface area (Å²) < 4.78 is 39.3. The van der Waals surface area contributed by atoms with Gasteiger partial charge in [0.25, 0.3) is 0 Å². The maximum Gasteiger partial charge on any atom is 0.509 e. The van der Waals surface area contributed by atoms with E-state index in [0.29, 0.717) is 5.92 Å². The molecule has 6 nitrogen and oxygen atoms in total. The second kappa shape index (κ2) is 6.05. The van der Waals surface area contributed by atoms with Gasteiger partial charge in [-0.25, -0.2) is 13.2 Å². The van der Waals surface area contributed by atoms with Crippen molar-refractivity contribution < 1.29 is 27.2 Å². The molecule has 16 heavy (non-hydrogen) atoms. The molecule has 1 aliphatic carbocycles. The van der Waals surface area contributed by atoms with Crippen molar-refractivity contribution >= 4 is 16.3 Å². The van der Waals surface area contributed by atoms with E-state index in [1.165, 1.54) is 6.42 Å². The molecule has 1 fully saturated rings. The van der Waals surface area contributed by atoms with Crippen molar-refractivity contribution in [1.82, 2.24) is 0 Å². The smallest absolute Gasteiger partial charge is 0.509 e. The number of hydrogen-bond acceptors (Lipinski definition) is 6. The van der Waals surface area contributed by atoms with Crippen LogP contribution in [0.1, 0.15) is 32.1 Å². The van der Waals surface area contributed by atoms with E-state index in [-0.39, 0.29) is 6.61 Å². The first-order valence-corrected chi connectivity index (χ1v) is 6.78. The predicted octanol–water partition coefficient (Wildman–Crippen LogP) is 1.22. The Morgan fingerprint density at radius 3 is 2.38 bits per heavy atom. The molecule has 0 saturated heterocycles. The Kier molecular flexibility index (Phi) is 5.01. The lowest BCUT2D eigenvalue weighted by Crippen LogP contribution is -2.19. The third-order valence-electron chi connectivity index (χ3n) is 2.48. The molecule has 0 aromatic heterocycles. The van der Waals surface area contributed by atoms with Gasteiger partial charge in [-0.1, -0.05) is 19.3 Å². The van der Waals surface area contributed by atoms with Gasteiger partial charge in [0.15, 0.2) is 5.94 Å². The minimum absolute atomic E-state index is 0.234. The van der Waals surface area contributed by atoms with Crippen molar-refractivity contribution in [3.8, 4) is 0 Å². The van der Waals surface area contributed by atoms with Gasteiger partial charge in [-0.3, -0.25) is 0 Å². The fraction of sp³-hybridized carbons (Fsp3) is 0.889. The molecule has 0 heterocycles. The molecular weight excluding hydrogens is 236 g/mol. The third kappa shape index (κ3) is 5.92. The second-order valence-corrected chi connectivity index (χ2v) is 5.24. The second-order valence-electron chi connectivity index (χ2n) is 3.88. The molecule has 1 rings (SSSR count). The Balaban J connectivity index is 2.14. The van der Waals surface area contributed by atoms with Gasteiger partial charge in [-0.15, -0.1) is 0 Å². The van der Waals surface area contributed by atoms with E-state index in [9.17, 15) is 17.8 Å².